The van der Waals surface area contributed by atoms with Gasteiger partial charge >= 0.3 is 5.97 Å². The van der Waals surface area contributed by atoms with Crippen LogP contribution in [0.2, 0.25) is 0 Å². The second-order valence-electron chi connectivity index (χ2n) is 4.81. The normalized spacial score (nSPS) is 23.5. The van der Waals surface area contributed by atoms with Crippen LogP contribution in [0, 0.1) is 5.92 Å². The van der Waals surface area contributed by atoms with E-state index in [0.717, 1.165) is 16.0 Å². The molecule has 0 amide bonds. The molecule has 1 aliphatic carbocycles. The van der Waals surface area contributed by atoms with Gasteiger partial charge in [-0.15, -0.1) is 11.8 Å². The number of nitrogens with zero attached hydrogens (tertiary/aromatic N) is 1. The first kappa shape index (κ1) is 13.8. The van der Waals surface area contributed by atoms with Gasteiger partial charge in [-0.1, -0.05) is 41.6 Å². The van der Waals surface area contributed by atoms with Crippen LogP contribution in [0.25, 0.3) is 0 Å². The summed E-state index contributed by atoms with van der Waals surface area (Å²) in [5.74, 6) is -0.548. The molecule has 0 saturated carbocycles. The summed E-state index contributed by atoms with van der Waals surface area (Å²) in [6.07, 6.45) is 7.22. The third-order valence-corrected chi connectivity index (χ3v) is 4.64. The van der Waals surface area contributed by atoms with E-state index in [0.29, 0.717) is 0 Å². The summed E-state index contributed by atoms with van der Waals surface area (Å²) < 4.78 is 0. The highest BCUT2D eigenvalue weighted by Gasteiger charge is 2.34. The van der Waals surface area contributed by atoms with E-state index in [-0.39, 0.29) is 17.0 Å². The van der Waals surface area contributed by atoms with Crippen molar-refractivity contribution in [2.75, 3.05) is 0 Å². The van der Waals surface area contributed by atoms with Crippen LogP contribution >= 0.6 is 11.8 Å². The van der Waals surface area contributed by atoms with E-state index in [4.69, 9.17) is 0 Å². The first-order chi connectivity index (χ1) is 10.1. The summed E-state index contributed by atoms with van der Waals surface area (Å²) in [6.45, 7) is 1.29. The van der Waals surface area contributed by atoms with Crippen molar-refractivity contribution in [2.24, 2.45) is 11.1 Å². The quantitative estimate of drug-likeness (QED) is 0.478. The Balaban J connectivity index is 1.85. The molecule has 1 aromatic rings. The number of rotatable bonds is 2. The maximum Gasteiger partial charge on any atom is 0.331 e. The lowest BCUT2D eigenvalue weighted by Gasteiger charge is -2.29. The number of hydrogen-bond donors (Lipinski definition) is 0. The van der Waals surface area contributed by atoms with Crippen LogP contribution in [0.15, 0.2) is 58.1 Å². The number of Topliss-reactive ketones (excluding diaryl/α,β-unsaturated/α-hetero) is 1. The highest BCUT2D eigenvalue weighted by Crippen LogP contribution is 2.41. The van der Waals surface area contributed by atoms with Crippen molar-refractivity contribution in [1.29, 1.82) is 0 Å². The van der Waals surface area contributed by atoms with Crippen LogP contribution in [0.5, 0.6) is 0 Å². The molecule has 2 atom stereocenters. The zero-order chi connectivity index (χ0) is 14.8. The number of carbonyl (C=O) groups is 2. The van der Waals surface area contributed by atoms with E-state index in [1.165, 1.54) is 13.1 Å². The van der Waals surface area contributed by atoms with Crippen molar-refractivity contribution in [2.45, 2.75) is 17.1 Å². The van der Waals surface area contributed by atoms with Gasteiger partial charge in [-0.3, -0.25) is 4.79 Å². The highest BCUT2D eigenvalue weighted by molar-refractivity contribution is 8.00. The summed E-state index contributed by atoms with van der Waals surface area (Å²) in [5, 5.41) is 3.70. The maximum absolute atomic E-state index is 12.6. The summed E-state index contributed by atoms with van der Waals surface area (Å²) in [5.41, 5.74) is 1.54. The lowest BCUT2D eigenvalue weighted by molar-refractivity contribution is -0.140. The van der Waals surface area contributed by atoms with Crippen LogP contribution in [-0.4, -0.2) is 23.2 Å². The van der Waals surface area contributed by atoms with Gasteiger partial charge < -0.3 is 4.84 Å². The third kappa shape index (κ3) is 2.83. The lowest BCUT2D eigenvalue weighted by Crippen LogP contribution is -2.29. The summed E-state index contributed by atoms with van der Waals surface area (Å²) in [6, 6.07) is 7.66. The molecule has 4 nitrogen and oxygen atoms in total. The van der Waals surface area contributed by atoms with Crippen molar-refractivity contribution < 1.29 is 14.4 Å². The van der Waals surface area contributed by atoms with E-state index < -0.39 is 5.97 Å². The Morgan fingerprint density at radius 3 is 3.00 bits per heavy atom. The molecule has 2 unspecified atom stereocenters. The van der Waals surface area contributed by atoms with E-state index >= 15 is 0 Å². The van der Waals surface area contributed by atoms with Crippen LogP contribution in [0.3, 0.4) is 0 Å². The molecule has 21 heavy (non-hydrogen) atoms. The molecule has 1 aliphatic heterocycles. The van der Waals surface area contributed by atoms with E-state index in [1.807, 2.05) is 42.5 Å². The topological polar surface area (TPSA) is 55.7 Å². The average molecular weight is 299 g/mol. The Bertz CT molecular complexity index is 691. The average Bonchev–Trinajstić information content (AvgIpc) is 2.48. The molecule has 1 aromatic carbocycles. The Morgan fingerprint density at radius 2 is 2.19 bits per heavy atom. The van der Waals surface area contributed by atoms with Gasteiger partial charge in [-0.25, -0.2) is 4.79 Å². The molecule has 0 radical (unpaired) electrons. The first-order valence-corrected chi connectivity index (χ1v) is 7.44. The molecule has 3 rings (SSSR count). The molecule has 0 bridgehead atoms. The fourth-order valence-corrected chi connectivity index (χ4v) is 3.62. The highest BCUT2D eigenvalue weighted by atomic mass is 32.2. The van der Waals surface area contributed by atoms with Gasteiger partial charge in [0.25, 0.3) is 0 Å². The number of ketones is 1. The van der Waals surface area contributed by atoms with Gasteiger partial charge in [0.1, 0.15) is 0 Å². The van der Waals surface area contributed by atoms with Gasteiger partial charge in [0, 0.05) is 22.6 Å². The zero-order valence-electron chi connectivity index (χ0n) is 11.4. The van der Waals surface area contributed by atoms with Crippen molar-refractivity contribution in [3.8, 4) is 0 Å². The van der Waals surface area contributed by atoms with E-state index in [9.17, 15) is 9.59 Å². The largest absolute Gasteiger partial charge is 0.331 e. The Morgan fingerprint density at radius 1 is 1.38 bits per heavy atom. The Kier molecular flexibility index (Phi) is 3.75. The van der Waals surface area contributed by atoms with Crippen molar-refractivity contribution in [1.82, 2.24) is 0 Å². The number of carbonyl (C=O) groups excluding carboxylic acids is 2. The number of fused-ring (bicyclic) bond motifs is 2. The number of thioether (sulfide) groups is 1. The monoisotopic (exact) mass is 299 g/mol. The summed E-state index contributed by atoms with van der Waals surface area (Å²) in [7, 11) is 0. The minimum absolute atomic E-state index is 0.110. The molecule has 106 valence electrons. The van der Waals surface area contributed by atoms with Crippen molar-refractivity contribution in [3.05, 3.63) is 53.6 Å². The van der Waals surface area contributed by atoms with Crippen molar-refractivity contribution >= 4 is 29.7 Å². The lowest BCUT2D eigenvalue weighted by atomic mass is 9.88. The number of allylic oxidation sites excluding steroid dienone is 3. The van der Waals surface area contributed by atoms with Crippen molar-refractivity contribution in [3.63, 3.8) is 0 Å². The first-order valence-electron chi connectivity index (χ1n) is 6.56. The van der Waals surface area contributed by atoms with E-state index in [1.54, 1.807) is 11.8 Å². The maximum atomic E-state index is 12.6. The molecule has 2 aliphatic rings. The fraction of sp³-hybridized carbons (Fsp3) is 0.188. The van der Waals surface area contributed by atoms with Crippen LogP contribution in [-0.2, 0) is 9.63 Å². The van der Waals surface area contributed by atoms with Crippen LogP contribution in [0.4, 0.5) is 0 Å². The van der Waals surface area contributed by atoms with Gasteiger partial charge in [-0.2, -0.15) is 0 Å². The molecule has 0 N–H and O–H groups in total. The molecule has 0 fully saturated rings. The zero-order valence-corrected chi connectivity index (χ0v) is 12.2. The smallest absolute Gasteiger partial charge is 0.319 e. The predicted octanol–water partition coefficient (Wildman–Crippen LogP) is 3.00. The van der Waals surface area contributed by atoms with Gasteiger partial charge in [0.05, 0.1) is 12.1 Å². The SMILES string of the molecule is CC(=O)O/N=C/C1=CC2C(=O)c3ccccc3SC2C=C1. The van der Waals surface area contributed by atoms with Crippen LogP contribution in [0.1, 0.15) is 17.3 Å². The van der Waals surface area contributed by atoms with Gasteiger partial charge in [0.15, 0.2) is 5.78 Å². The molecule has 0 saturated heterocycles. The molecular formula is C16H13NO3S. The number of benzene rings is 1. The molecular weight excluding hydrogens is 286 g/mol. The minimum Gasteiger partial charge on any atom is -0.319 e. The Labute approximate surface area is 126 Å². The molecule has 1 heterocycles. The Hall–Kier alpha value is -2.14. The fourth-order valence-electron chi connectivity index (χ4n) is 2.37. The van der Waals surface area contributed by atoms with Gasteiger partial charge in [-0.05, 0) is 11.6 Å². The van der Waals surface area contributed by atoms with Crippen LogP contribution < -0.4 is 0 Å². The summed E-state index contributed by atoms with van der Waals surface area (Å²) >= 11 is 1.69. The second-order valence-corrected chi connectivity index (χ2v) is 6.03. The minimum atomic E-state index is -0.470. The third-order valence-electron chi connectivity index (χ3n) is 3.31. The predicted molar refractivity (Wildman–Crippen MR) is 81.4 cm³/mol. The van der Waals surface area contributed by atoms with E-state index in [2.05, 4.69) is 9.99 Å². The molecule has 0 aromatic heterocycles. The second kappa shape index (κ2) is 5.69. The molecule has 5 heteroatoms. The number of oxime groups is 1. The standard InChI is InChI=1S/C16H13NO3S/c1-10(18)20-17-9-11-6-7-15-13(8-11)16(19)12-4-2-3-5-14(12)21-15/h2-9,13,15H,1H3/b17-9+. The number of hydrogen-bond acceptors (Lipinski definition) is 5. The molecule has 0 spiro atoms. The summed E-state index contributed by atoms with van der Waals surface area (Å²) in [4.78, 5) is 28.8. The van der Waals surface area contributed by atoms with Gasteiger partial charge in [0.2, 0.25) is 0 Å².